The quantitative estimate of drug-likeness (QED) is 0.905. The average Bonchev–Trinajstić information content (AvgIpc) is 3.13. The molecule has 0 spiro atoms. The maximum absolute atomic E-state index is 12.5. The van der Waals surface area contributed by atoms with E-state index in [1.165, 1.54) is 18.1 Å². The summed E-state index contributed by atoms with van der Waals surface area (Å²) in [5.41, 5.74) is 2.89. The van der Waals surface area contributed by atoms with E-state index >= 15 is 0 Å². The first kappa shape index (κ1) is 15.1. The van der Waals surface area contributed by atoms with Gasteiger partial charge >= 0.3 is 0 Å². The molecule has 0 saturated heterocycles. The zero-order chi connectivity index (χ0) is 15.7. The normalized spacial score (nSPS) is 14.0. The van der Waals surface area contributed by atoms with Crippen molar-refractivity contribution in [2.75, 3.05) is 29.8 Å². The highest BCUT2D eigenvalue weighted by atomic mass is 32.2. The SMILES string of the molecule is CCN1CCc2ccc(NS(=O)(=O)c3csnc3OC)cc21. The van der Waals surface area contributed by atoms with E-state index in [1.807, 2.05) is 12.1 Å². The van der Waals surface area contributed by atoms with Crippen molar-refractivity contribution in [1.29, 1.82) is 0 Å². The Bertz CT molecular complexity index is 786. The Balaban J connectivity index is 1.90. The number of fused-ring (bicyclic) bond motifs is 1. The van der Waals surface area contributed by atoms with Crippen LogP contribution in [0.4, 0.5) is 11.4 Å². The van der Waals surface area contributed by atoms with Gasteiger partial charge in [0.05, 0.1) is 12.8 Å². The molecule has 22 heavy (non-hydrogen) atoms. The smallest absolute Gasteiger partial charge is 0.268 e. The third-order valence-corrected chi connectivity index (χ3v) is 5.84. The second-order valence-electron chi connectivity index (χ2n) is 4.97. The van der Waals surface area contributed by atoms with Crippen LogP contribution in [0.15, 0.2) is 28.5 Å². The van der Waals surface area contributed by atoms with Crippen LogP contribution in [0.2, 0.25) is 0 Å². The van der Waals surface area contributed by atoms with Gasteiger partial charge in [-0.15, -0.1) is 0 Å². The van der Waals surface area contributed by atoms with Gasteiger partial charge in [0.2, 0.25) is 5.88 Å². The third-order valence-electron chi connectivity index (χ3n) is 3.70. The zero-order valence-electron chi connectivity index (χ0n) is 12.4. The summed E-state index contributed by atoms with van der Waals surface area (Å²) in [7, 11) is -2.29. The molecule has 0 amide bonds. The molecule has 2 aromatic rings. The van der Waals surface area contributed by atoms with Gasteiger partial charge in [0.25, 0.3) is 10.0 Å². The molecule has 1 aliphatic heterocycles. The van der Waals surface area contributed by atoms with Gasteiger partial charge in [-0.1, -0.05) is 6.07 Å². The van der Waals surface area contributed by atoms with Gasteiger partial charge in [0.15, 0.2) is 4.90 Å². The summed E-state index contributed by atoms with van der Waals surface area (Å²) in [6, 6.07) is 5.66. The maximum Gasteiger partial charge on any atom is 0.268 e. The molecule has 1 aliphatic rings. The van der Waals surface area contributed by atoms with Gasteiger partial charge in [-0.05, 0) is 42.6 Å². The van der Waals surface area contributed by atoms with Crippen LogP contribution >= 0.6 is 11.5 Å². The molecule has 0 bridgehead atoms. The van der Waals surface area contributed by atoms with Crippen LogP contribution in [-0.4, -0.2) is 33.0 Å². The Morgan fingerprint density at radius 2 is 2.27 bits per heavy atom. The molecule has 1 aromatic carbocycles. The molecule has 0 saturated carbocycles. The predicted octanol–water partition coefficient (Wildman–Crippen LogP) is 2.33. The van der Waals surface area contributed by atoms with Crippen molar-refractivity contribution in [3.8, 4) is 5.88 Å². The van der Waals surface area contributed by atoms with Gasteiger partial charge < -0.3 is 9.64 Å². The van der Waals surface area contributed by atoms with Gasteiger partial charge in [-0.3, -0.25) is 4.72 Å². The minimum absolute atomic E-state index is 0.0628. The van der Waals surface area contributed by atoms with Crippen LogP contribution in [0, 0.1) is 0 Å². The average molecular weight is 339 g/mol. The Morgan fingerprint density at radius 1 is 1.45 bits per heavy atom. The van der Waals surface area contributed by atoms with Crippen LogP contribution in [0.5, 0.6) is 5.88 Å². The van der Waals surface area contributed by atoms with E-state index < -0.39 is 10.0 Å². The monoisotopic (exact) mass is 339 g/mol. The third kappa shape index (κ3) is 2.64. The Kier molecular flexibility index (Phi) is 3.96. The fourth-order valence-electron chi connectivity index (χ4n) is 2.58. The lowest BCUT2D eigenvalue weighted by molar-refractivity contribution is 0.391. The van der Waals surface area contributed by atoms with Crippen molar-refractivity contribution in [2.45, 2.75) is 18.2 Å². The fourth-order valence-corrected chi connectivity index (χ4v) is 4.70. The summed E-state index contributed by atoms with van der Waals surface area (Å²) in [5, 5.41) is 1.47. The molecule has 0 aliphatic carbocycles. The van der Waals surface area contributed by atoms with Gasteiger partial charge in [0, 0.05) is 24.2 Å². The first-order chi connectivity index (χ1) is 10.5. The molecular formula is C14H17N3O3S2. The Labute approximate surface area is 133 Å². The molecule has 118 valence electrons. The van der Waals surface area contributed by atoms with E-state index in [2.05, 4.69) is 20.9 Å². The molecule has 0 atom stereocenters. The molecule has 6 nitrogen and oxygen atoms in total. The Hall–Kier alpha value is -1.80. The second kappa shape index (κ2) is 5.77. The van der Waals surface area contributed by atoms with Crippen molar-refractivity contribution in [3.63, 3.8) is 0 Å². The summed E-state index contributed by atoms with van der Waals surface area (Å²) in [4.78, 5) is 2.30. The number of rotatable bonds is 5. The highest BCUT2D eigenvalue weighted by Gasteiger charge is 2.23. The van der Waals surface area contributed by atoms with Gasteiger partial charge in [-0.25, -0.2) is 8.42 Å². The van der Waals surface area contributed by atoms with Crippen molar-refractivity contribution < 1.29 is 13.2 Å². The number of benzene rings is 1. The van der Waals surface area contributed by atoms with Crippen molar-refractivity contribution in [3.05, 3.63) is 29.1 Å². The van der Waals surface area contributed by atoms with Crippen LogP contribution < -0.4 is 14.4 Å². The van der Waals surface area contributed by atoms with Gasteiger partial charge in [0.1, 0.15) is 0 Å². The predicted molar refractivity (Wildman–Crippen MR) is 87.5 cm³/mol. The number of anilines is 2. The lowest BCUT2D eigenvalue weighted by Gasteiger charge is -2.17. The largest absolute Gasteiger partial charge is 0.479 e. The topological polar surface area (TPSA) is 71.5 Å². The first-order valence-corrected chi connectivity index (χ1v) is 9.26. The maximum atomic E-state index is 12.5. The van der Waals surface area contributed by atoms with Crippen LogP contribution in [0.3, 0.4) is 0 Å². The van der Waals surface area contributed by atoms with Crippen LogP contribution in [-0.2, 0) is 16.4 Å². The van der Waals surface area contributed by atoms with Gasteiger partial charge in [-0.2, -0.15) is 4.37 Å². The van der Waals surface area contributed by atoms with Crippen molar-refractivity contribution in [1.82, 2.24) is 4.37 Å². The van der Waals surface area contributed by atoms with E-state index in [0.717, 1.165) is 36.7 Å². The van der Waals surface area contributed by atoms with E-state index in [-0.39, 0.29) is 10.8 Å². The molecule has 3 rings (SSSR count). The summed E-state index contributed by atoms with van der Waals surface area (Å²) in [5.74, 6) is 0.119. The molecular weight excluding hydrogens is 322 g/mol. The van der Waals surface area contributed by atoms with E-state index in [1.54, 1.807) is 6.07 Å². The summed E-state index contributed by atoms with van der Waals surface area (Å²) in [6.45, 7) is 3.98. The molecule has 8 heteroatoms. The minimum Gasteiger partial charge on any atom is -0.479 e. The van der Waals surface area contributed by atoms with E-state index in [4.69, 9.17) is 4.74 Å². The molecule has 2 heterocycles. The lowest BCUT2D eigenvalue weighted by Crippen LogP contribution is -2.19. The Morgan fingerprint density at radius 3 is 3.00 bits per heavy atom. The molecule has 0 fully saturated rings. The number of nitrogens with one attached hydrogen (secondary N) is 1. The van der Waals surface area contributed by atoms with E-state index in [0.29, 0.717) is 5.69 Å². The molecule has 1 aromatic heterocycles. The number of ether oxygens (including phenoxy) is 1. The molecule has 0 unspecified atom stereocenters. The van der Waals surface area contributed by atoms with Crippen LogP contribution in [0.1, 0.15) is 12.5 Å². The minimum atomic E-state index is -3.70. The van der Waals surface area contributed by atoms with Crippen molar-refractivity contribution in [2.24, 2.45) is 0 Å². The highest BCUT2D eigenvalue weighted by Crippen LogP contribution is 2.32. The highest BCUT2D eigenvalue weighted by molar-refractivity contribution is 7.93. The fraction of sp³-hybridized carbons (Fsp3) is 0.357. The molecule has 0 radical (unpaired) electrons. The number of hydrogen-bond donors (Lipinski definition) is 1. The number of likely N-dealkylation sites (N-methyl/N-ethyl adjacent to an activating group) is 1. The summed E-state index contributed by atoms with van der Waals surface area (Å²) < 4.78 is 36.4. The summed E-state index contributed by atoms with van der Waals surface area (Å²) >= 11 is 1.05. The lowest BCUT2D eigenvalue weighted by atomic mass is 10.1. The standard InChI is InChI=1S/C14H17N3O3S2/c1-3-17-7-6-10-4-5-11(8-12(10)17)16-22(18,19)13-9-21-15-14(13)20-2/h4-5,8-9,16H,3,6-7H2,1-2H3. The van der Waals surface area contributed by atoms with Crippen LogP contribution in [0.25, 0.3) is 0 Å². The zero-order valence-corrected chi connectivity index (χ0v) is 14.0. The first-order valence-electron chi connectivity index (χ1n) is 6.94. The number of methoxy groups -OCH3 is 1. The molecule has 1 N–H and O–H groups in total. The van der Waals surface area contributed by atoms with E-state index in [9.17, 15) is 8.42 Å². The number of nitrogens with zero attached hydrogens (tertiary/aromatic N) is 2. The number of sulfonamides is 1. The van der Waals surface area contributed by atoms with Crippen molar-refractivity contribution >= 4 is 32.9 Å². The number of aromatic nitrogens is 1. The number of hydrogen-bond acceptors (Lipinski definition) is 6. The summed E-state index contributed by atoms with van der Waals surface area (Å²) in [6.07, 6.45) is 0.998. The second-order valence-corrected chi connectivity index (χ2v) is 7.25.